The van der Waals surface area contributed by atoms with Crippen molar-refractivity contribution in [3.8, 4) is 0 Å². The zero-order chi connectivity index (χ0) is 21.8. The fourth-order valence-electron chi connectivity index (χ4n) is 5.30. The predicted molar refractivity (Wildman–Crippen MR) is 115 cm³/mol. The second kappa shape index (κ2) is 7.68. The Bertz CT molecular complexity index is 1200. The van der Waals surface area contributed by atoms with E-state index in [0.717, 1.165) is 49.8 Å². The van der Waals surface area contributed by atoms with Crippen LogP contribution in [0.15, 0.2) is 34.2 Å². The highest BCUT2D eigenvalue weighted by molar-refractivity contribution is 7.90. The summed E-state index contributed by atoms with van der Waals surface area (Å²) in [6, 6.07) is 4.12. The van der Waals surface area contributed by atoms with Crippen LogP contribution < -0.4 is 0 Å². The Morgan fingerprint density at radius 2 is 1.77 bits per heavy atom. The van der Waals surface area contributed by atoms with Crippen LogP contribution in [0.25, 0.3) is 0 Å². The first-order valence-electron chi connectivity index (χ1n) is 11.0. The SMILES string of the molecule is Cc1ccc(S(=O)(=O)N2CCCCC2)cc1S(=O)(=O)N1C2CCCC1c1cn[nH]c1C2. The first-order valence-corrected chi connectivity index (χ1v) is 13.8. The smallest absolute Gasteiger partial charge is 0.244 e. The second-order valence-corrected chi connectivity index (χ2v) is 12.6. The quantitative estimate of drug-likeness (QED) is 0.749. The third-order valence-electron chi connectivity index (χ3n) is 6.90. The molecule has 8 nitrogen and oxygen atoms in total. The minimum atomic E-state index is -3.88. The number of benzene rings is 1. The van der Waals surface area contributed by atoms with E-state index in [2.05, 4.69) is 10.2 Å². The molecule has 3 aliphatic rings. The van der Waals surface area contributed by atoms with Crippen LogP contribution >= 0.6 is 0 Å². The topological polar surface area (TPSA) is 103 Å². The van der Waals surface area contributed by atoms with Crippen molar-refractivity contribution in [3.05, 3.63) is 41.2 Å². The minimum Gasteiger partial charge on any atom is -0.282 e. The van der Waals surface area contributed by atoms with E-state index in [1.807, 2.05) is 0 Å². The number of aryl methyl sites for hydroxylation is 1. The third kappa shape index (κ3) is 3.44. The molecule has 1 N–H and O–H groups in total. The van der Waals surface area contributed by atoms with Crippen molar-refractivity contribution < 1.29 is 16.8 Å². The summed E-state index contributed by atoms with van der Waals surface area (Å²) in [5, 5.41) is 7.16. The fourth-order valence-corrected chi connectivity index (χ4v) is 9.02. The van der Waals surface area contributed by atoms with Crippen molar-refractivity contribution in [1.82, 2.24) is 18.8 Å². The monoisotopic (exact) mass is 464 g/mol. The molecule has 2 saturated heterocycles. The number of aromatic amines is 1. The average molecular weight is 465 g/mol. The number of hydrogen-bond acceptors (Lipinski definition) is 5. The van der Waals surface area contributed by atoms with Crippen LogP contribution in [0.3, 0.4) is 0 Å². The lowest BCUT2D eigenvalue weighted by atomic mass is 9.86. The van der Waals surface area contributed by atoms with Crippen LogP contribution in [0.4, 0.5) is 0 Å². The molecule has 10 heteroatoms. The molecular weight excluding hydrogens is 436 g/mol. The number of aromatic nitrogens is 2. The van der Waals surface area contributed by atoms with Gasteiger partial charge >= 0.3 is 0 Å². The van der Waals surface area contributed by atoms with E-state index >= 15 is 0 Å². The molecule has 4 heterocycles. The Morgan fingerprint density at radius 1 is 1.00 bits per heavy atom. The van der Waals surface area contributed by atoms with Crippen molar-refractivity contribution in [3.63, 3.8) is 0 Å². The largest absolute Gasteiger partial charge is 0.282 e. The lowest BCUT2D eigenvalue weighted by molar-refractivity contribution is 0.162. The highest BCUT2D eigenvalue weighted by Gasteiger charge is 2.46. The van der Waals surface area contributed by atoms with Gasteiger partial charge in [-0.15, -0.1) is 0 Å². The number of H-pyrrole nitrogens is 1. The summed E-state index contributed by atoms with van der Waals surface area (Å²) in [5.41, 5.74) is 2.52. The number of nitrogens with one attached hydrogen (secondary N) is 1. The van der Waals surface area contributed by atoms with E-state index in [0.29, 0.717) is 25.1 Å². The van der Waals surface area contributed by atoms with Gasteiger partial charge in [-0.25, -0.2) is 16.8 Å². The van der Waals surface area contributed by atoms with Crippen LogP contribution in [0.2, 0.25) is 0 Å². The fraction of sp³-hybridized carbons (Fsp3) is 0.571. The van der Waals surface area contributed by atoms with Gasteiger partial charge in [0.15, 0.2) is 0 Å². The number of rotatable bonds is 4. The standard InChI is InChI=1S/C21H28N4O4S2/c1-15-8-9-17(30(26,27)24-10-3-2-4-11-24)13-21(15)31(28,29)25-16-6-5-7-20(25)18-14-22-23-19(18)12-16/h8-9,13-14,16,20H,2-7,10-12H2,1H3,(H,22,23). The molecular formula is C21H28N4O4S2. The van der Waals surface area contributed by atoms with E-state index in [1.54, 1.807) is 23.5 Å². The Kier molecular flexibility index (Phi) is 5.23. The summed E-state index contributed by atoms with van der Waals surface area (Å²) in [5.74, 6) is 0. The van der Waals surface area contributed by atoms with Crippen LogP contribution in [-0.2, 0) is 26.5 Å². The van der Waals surface area contributed by atoms with Crippen molar-refractivity contribution in [2.45, 2.75) is 73.7 Å². The molecule has 2 bridgehead atoms. The van der Waals surface area contributed by atoms with E-state index in [9.17, 15) is 16.8 Å². The molecule has 0 spiro atoms. The van der Waals surface area contributed by atoms with E-state index in [-0.39, 0.29) is 21.9 Å². The molecule has 31 heavy (non-hydrogen) atoms. The summed E-state index contributed by atoms with van der Waals surface area (Å²) in [7, 11) is -7.59. The Labute approximate surface area is 183 Å². The van der Waals surface area contributed by atoms with Gasteiger partial charge in [-0.3, -0.25) is 5.10 Å². The van der Waals surface area contributed by atoms with Crippen molar-refractivity contribution >= 4 is 20.0 Å². The number of hydrogen-bond donors (Lipinski definition) is 1. The van der Waals surface area contributed by atoms with Crippen molar-refractivity contribution in [1.29, 1.82) is 0 Å². The van der Waals surface area contributed by atoms with Gasteiger partial charge < -0.3 is 0 Å². The van der Waals surface area contributed by atoms with Crippen molar-refractivity contribution in [2.24, 2.45) is 0 Å². The van der Waals surface area contributed by atoms with Gasteiger partial charge in [-0.1, -0.05) is 12.5 Å². The summed E-state index contributed by atoms with van der Waals surface area (Å²) in [6.45, 7) is 2.70. The average Bonchev–Trinajstić information content (AvgIpc) is 3.22. The Morgan fingerprint density at radius 3 is 2.55 bits per heavy atom. The maximum absolute atomic E-state index is 13.9. The molecule has 3 aliphatic heterocycles. The molecule has 0 saturated carbocycles. The summed E-state index contributed by atoms with van der Waals surface area (Å²) < 4.78 is 57.3. The summed E-state index contributed by atoms with van der Waals surface area (Å²) in [6.07, 6.45) is 7.53. The van der Waals surface area contributed by atoms with Crippen LogP contribution in [0, 0.1) is 6.92 Å². The summed E-state index contributed by atoms with van der Waals surface area (Å²) >= 11 is 0. The highest BCUT2D eigenvalue weighted by Crippen LogP contribution is 2.44. The molecule has 2 atom stereocenters. The molecule has 1 aromatic heterocycles. The van der Waals surface area contributed by atoms with Crippen LogP contribution in [-0.4, -0.2) is 54.8 Å². The first-order chi connectivity index (χ1) is 14.8. The number of sulfonamides is 2. The van der Waals surface area contributed by atoms with Gasteiger partial charge in [0.05, 0.1) is 22.0 Å². The lowest BCUT2D eigenvalue weighted by Gasteiger charge is -2.44. The third-order valence-corrected chi connectivity index (χ3v) is 10.9. The zero-order valence-electron chi connectivity index (χ0n) is 17.6. The molecule has 0 amide bonds. The highest BCUT2D eigenvalue weighted by atomic mass is 32.2. The van der Waals surface area contributed by atoms with E-state index in [1.165, 1.54) is 16.4 Å². The number of nitrogens with zero attached hydrogens (tertiary/aromatic N) is 3. The molecule has 2 unspecified atom stereocenters. The number of piperidine rings is 2. The molecule has 2 aromatic rings. The van der Waals surface area contributed by atoms with Gasteiger partial charge in [0.25, 0.3) is 0 Å². The second-order valence-electron chi connectivity index (χ2n) is 8.84. The molecule has 168 valence electrons. The van der Waals surface area contributed by atoms with E-state index in [4.69, 9.17) is 0 Å². The zero-order valence-corrected chi connectivity index (χ0v) is 19.3. The molecule has 5 rings (SSSR count). The number of fused-ring (bicyclic) bond motifs is 4. The van der Waals surface area contributed by atoms with E-state index < -0.39 is 20.0 Å². The van der Waals surface area contributed by atoms with Gasteiger partial charge in [-0.2, -0.15) is 13.7 Å². The van der Waals surface area contributed by atoms with Gasteiger partial charge in [0, 0.05) is 36.8 Å². The van der Waals surface area contributed by atoms with Crippen LogP contribution in [0.5, 0.6) is 0 Å². The van der Waals surface area contributed by atoms with Gasteiger partial charge in [0.2, 0.25) is 20.0 Å². The normalized spacial score (nSPS) is 25.3. The molecule has 1 aromatic carbocycles. The minimum absolute atomic E-state index is 0.0599. The van der Waals surface area contributed by atoms with Gasteiger partial charge in [0.1, 0.15) is 0 Å². The first kappa shape index (κ1) is 21.1. The van der Waals surface area contributed by atoms with Crippen LogP contribution in [0.1, 0.15) is 61.4 Å². The maximum Gasteiger partial charge on any atom is 0.244 e. The molecule has 2 fully saturated rings. The van der Waals surface area contributed by atoms with Gasteiger partial charge in [-0.05, 0) is 56.7 Å². The lowest BCUT2D eigenvalue weighted by Crippen LogP contribution is -2.49. The molecule has 0 aliphatic carbocycles. The van der Waals surface area contributed by atoms with Crippen molar-refractivity contribution in [2.75, 3.05) is 13.1 Å². The predicted octanol–water partition coefficient (Wildman–Crippen LogP) is 2.73. The summed E-state index contributed by atoms with van der Waals surface area (Å²) in [4.78, 5) is 0.152. The Balaban J connectivity index is 1.56. The Hall–Kier alpha value is -1.75. The maximum atomic E-state index is 13.9. The molecule has 0 radical (unpaired) electrons.